The van der Waals surface area contributed by atoms with Crippen LogP contribution in [0.25, 0.3) is 10.9 Å². The minimum atomic E-state index is -0.216. The number of nitrogens with zero attached hydrogens (tertiary/aromatic N) is 2. The molecule has 0 fully saturated rings. The van der Waals surface area contributed by atoms with E-state index in [9.17, 15) is 9.59 Å². The molecule has 7 heteroatoms. The Labute approximate surface area is 175 Å². The number of ether oxygens (including phenoxy) is 2. The zero-order chi connectivity index (χ0) is 21.7. The zero-order valence-corrected chi connectivity index (χ0v) is 17.8. The van der Waals surface area contributed by atoms with Gasteiger partial charge < -0.3 is 19.4 Å². The number of carbonyl (C=O) groups excluding carboxylic acids is 1. The van der Waals surface area contributed by atoms with Crippen molar-refractivity contribution in [1.29, 1.82) is 0 Å². The van der Waals surface area contributed by atoms with Crippen molar-refractivity contribution in [1.82, 2.24) is 14.9 Å². The van der Waals surface area contributed by atoms with E-state index in [0.717, 1.165) is 0 Å². The van der Waals surface area contributed by atoms with Crippen molar-refractivity contribution in [2.24, 2.45) is 0 Å². The van der Waals surface area contributed by atoms with Crippen LogP contribution in [-0.4, -0.2) is 40.0 Å². The van der Waals surface area contributed by atoms with Gasteiger partial charge in [0.1, 0.15) is 5.82 Å². The van der Waals surface area contributed by atoms with Crippen molar-refractivity contribution in [3.63, 3.8) is 0 Å². The van der Waals surface area contributed by atoms with Gasteiger partial charge in [-0.05, 0) is 58.0 Å². The summed E-state index contributed by atoms with van der Waals surface area (Å²) in [6.45, 7) is 8.79. The maximum atomic E-state index is 13.3. The monoisotopic (exact) mass is 409 g/mol. The third-order valence-electron chi connectivity index (χ3n) is 4.66. The molecule has 2 aromatic carbocycles. The number of carbonyl (C=O) groups is 1. The molecule has 1 N–H and O–H groups in total. The Balaban J connectivity index is 1.92. The number of nitrogens with one attached hydrogen (secondary N) is 1. The number of fused-ring (bicyclic) bond motifs is 1. The zero-order valence-electron chi connectivity index (χ0n) is 17.8. The van der Waals surface area contributed by atoms with Crippen LogP contribution >= 0.6 is 0 Å². The first-order valence-electron chi connectivity index (χ1n) is 10.1. The van der Waals surface area contributed by atoms with Crippen LogP contribution in [0.15, 0.2) is 47.3 Å². The van der Waals surface area contributed by atoms with E-state index in [0.29, 0.717) is 47.0 Å². The van der Waals surface area contributed by atoms with Gasteiger partial charge >= 0.3 is 0 Å². The van der Waals surface area contributed by atoms with Crippen molar-refractivity contribution < 1.29 is 14.3 Å². The van der Waals surface area contributed by atoms with Gasteiger partial charge in [0.15, 0.2) is 11.5 Å². The highest BCUT2D eigenvalue weighted by Crippen LogP contribution is 2.29. The van der Waals surface area contributed by atoms with Gasteiger partial charge in [-0.1, -0.05) is 12.1 Å². The summed E-state index contributed by atoms with van der Waals surface area (Å²) in [6.07, 6.45) is 0. The molecule has 0 aliphatic rings. The average molecular weight is 409 g/mol. The molecular formula is C23H27N3O4. The van der Waals surface area contributed by atoms with Gasteiger partial charge in [0.05, 0.1) is 30.7 Å². The number of aromatic nitrogens is 2. The third-order valence-corrected chi connectivity index (χ3v) is 4.66. The van der Waals surface area contributed by atoms with Crippen LogP contribution < -0.4 is 15.0 Å². The van der Waals surface area contributed by atoms with Crippen LogP contribution in [0.4, 0.5) is 0 Å². The smallest absolute Gasteiger partial charge is 0.258 e. The molecule has 1 amide bonds. The summed E-state index contributed by atoms with van der Waals surface area (Å²) in [5, 5.41) is 0.525. The molecule has 3 rings (SSSR count). The standard InChI is InChI=1S/C23H27N3O4/c1-5-29-19-12-11-16(13-20(19)30-6-2)23(28)26(15(3)4)14-21-24-18-10-8-7-9-17(18)22(27)25-21/h7-13,15H,5-6,14H2,1-4H3,(H,24,25,27). The summed E-state index contributed by atoms with van der Waals surface area (Å²) < 4.78 is 11.2. The molecule has 0 aliphatic carbocycles. The molecule has 0 unspecified atom stereocenters. The van der Waals surface area contributed by atoms with Crippen LogP contribution in [-0.2, 0) is 6.54 Å². The summed E-state index contributed by atoms with van der Waals surface area (Å²) in [5.74, 6) is 1.40. The Hall–Kier alpha value is -3.35. The van der Waals surface area contributed by atoms with Crippen molar-refractivity contribution in [3.05, 3.63) is 64.2 Å². The van der Waals surface area contributed by atoms with Crippen LogP contribution in [0.3, 0.4) is 0 Å². The largest absolute Gasteiger partial charge is 0.490 e. The molecule has 1 heterocycles. The van der Waals surface area contributed by atoms with Crippen LogP contribution in [0.1, 0.15) is 43.9 Å². The number of aromatic amines is 1. The molecule has 158 valence electrons. The van der Waals surface area contributed by atoms with Gasteiger partial charge in [-0.15, -0.1) is 0 Å². The second-order valence-corrected chi connectivity index (χ2v) is 7.08. The van der Waals surface area contributed by atoms with Gasteiger partial charge in [-0.3, -0.25) is 9.59 Å². The lowest BCUT2D eigenvalue weighted by molar-refractivity contribution is 0.0684. The molecule has 7 nitrogen and oxygen atoms in total. The van der Waals surface area contributed by atoms with Gasteiger partial charge in [0, 0.05) is 11.6 Å². The Morgan fingerprint density at radius 2 is 1.77 bits per heavy atom. The van der Waals surface area contributed by atoms with Gasteiger partial charge in [-0.2, -0.15) is 0 Å². The molecular weight excluding hydrogens is 382 g/mol. The number of rotatable bonds is 8. The summed E-state index contributed by atoms with van der Waals surface area (Å²) in [5.41, 5.74) is 0.872. The fourth-order valence-corrected chi connectivity index (χ4v) is 3.21. The number of hydrogen-bond donors (Lipinski definition) is 1. The van der Waals surface area contributed by atoms with Crippen LogP contribution in [0.2, 0.25) is 0 Å². The summed E-state index contributed by atoms with van der Waals surface area (Å²) >= 11 is 0. The maximum absolute atomic E-state index is 13.3. The minimum Gasteiger partial charge on any atom is -0.490 e. The molecule has 0 saturated heterocycles. The maximum Gasteiger partial charge on any atom is 0.258 e. The molecule has 0 radical (unpaired) electrons. The minimum absolute atomic E-state index is 0.101. The van der Waals surface area contributed by atoms with Crippen LogP contribution in [0, 0.1) is 0 Å². The van der Waals surface area contributed by atoms with Crippen molar-refractivity contribution in [2.45, 2.75) is 40.3 Å². The average Bonchev–Trinajstić information content (AvgIpc) is 2.73. The molecule has 3 aromatic rings. The molecule has 0 spiro atoms. The highest BCUT2D eigenvalue weighted by atomic mass is 16.5. The van der Waals surface area contributed by atoms with Gasteiger partial charge in [0.25, 0.3) is 11.5 Å². The lowest BCUT2D eigenvalue weighted by atomic mass is 10.1. The van der Waals surface area contributed by atoms with Crippen LogP contribution in [0.5, 0.6) is 11.5 Å². The molecule has 0 bridgehead atoms. The topological polar surface area (TPSA) is 84.5 Å². The van der Waals surface area contributed by atoms with E-state index in [1.807, 2.05) is 33.8 Å². The number of hydrogen-bond acceptors (Lipinski definition) is 5. The first-order valence-corrected chi connectivity index (χ1v) is 10.1. The summed E-state index contributed by atoms with van der Waals surface area (Å²) in [6, 6.07) is 12.2. The van der Waals surface area contributed by atoms with E-state index < -0.39 is 0 Å². The highest BCUT2D eigenvalue weighted by molar-refractivity contribution is 5.95. The lowest BCUT2D eigenvalue weighted by Gasteiger charge is -2.26. The lowest BCUT2D eigenvalue weighted by Crippen LogP contribution is -2.37. The van der Waals surface area contributed by atoms with E-state index in [2.05, 4.69) is 9.97 Å². The predicted molar refractivity (Wildman–Crippen MR) is 116 cm³/mol. The van der Waals surface area contributed by atoms with E-state index in [4.69, 9.17) is 9.47 Å². The van der Waals surface area contributed by atoms with Gasteiger partial charge in [-0.25, -0.2) is 4.98 Å². The summed E-state index contributed by atoms with van der Waals surface area (Å²) in [7, 11) is 0. The van der Waals surface area contributed by atoms with E-state index >= 15 is 0 Å². The van der Waals surface area contributed by atoms with E-state index in [1.165, 1.54) is 0 Å². The predicted octanol–water partition coefficient (Wildman–Crippen LogP) is 3.77. The van der Waals surface area contributed by atoms with E-state index in [1.54, 1.807) is 41.3 Å². The SMILES string of the molecule is CCOc1ccc(C(=O)N(Cc2nc3ccccc3c(=O)[nH]2)C(C)C)cc1OCC. The first kappa shape index (κ1) is 21.4. The molecule has 30 heavy (non-hydrogen) atoms. The fourth-order valence-electron chi connectivity index (χ4n) is 3.21. The van der Waals surface area contributed by atoms with Crippen molar-refractivity contribution >= 4 is 16.8 Å². The number of benzene rings is 2. The molecule has 0 aliphatic heterocycles. The molecule has 0 saturated carbocycles. The quantitative estimate of drug-likeness (QED) is 0.612. The molecule has 1 aromatic heterocycles. The first-order chi connectivity index (χ1) is 14.4. The second kappa shape index (κ2) is 9.43. The number of amides is 1. The Kier molecular flexibility index (Phi) is 6.72. The third kappa shape index (κ3) is 4.62. The normalized spacial score (nSPS) is 11.0. The fraction of sp³-hybridized carbons (Fsp3) is 0.348. The molecule has 0 atom stereocenters. The van der Waals surface area contributed by atoms with E-state index in [-0.39, 0.29) is 24.1 Å². The Morgan fingerprint density at radius 3 is 2.47 bits per heavy atom. The highest BCUT2D eigenvalue weighted by Gasteiger charge is 2.22. The van der Waals surface area contributed by atoms with Crippen molar-refractivity contribution in [3.8, 4) is 11.5 Å². The second-order valence-electron chi connectivity index (χ2n) is 7.08. The van der Waals surface area contributed by atoms with Crippen molar-refractivity contribution in [2.75, 3.05) is 13.2 Å². The Morgan fingerprint density at radius 1 is 1.07 bits per heavy atom. The van der Waals surface area contributed by atoms with Gasteiger partial charge in [0.2, 0.25) is 0 Å². The number of H-pyrrole nitrogens is 1. The Bertz CT molecular complexity index is 1090. The number of para-hydroxylation sites is 1. The summed E-state index contributed by atoms with van der Waals surface area (Å²) in [4.78, 5) is 34.6.